The van der Waals surface area contributed by atoms with Gasteiger partial charge in [-0.3, -0.25) is 0 Å². The zero-order valence-electron chi connectivity index (χ0n) is 12.0. The van der Waals surface area contributed by atoms with Crippen LogP contribution >= 0.6 is 0 Å². The van der Waals surface area contributed by atoms with Gasteiger partial charge in [-0.15, -0.1) is 0 Å². The normalized spacial score (nSPS) is 11.9. The molecule has 21 heavy (non-hydrogen) atoms. The highest BCUT2D eigenvalue weighted by Crippen LogP contribution is 2.21. The van der Waals surface area contributed by atoms with Crippen molar-refractivity contribution in [3.8, 4) is 5.75 Å². The smallest absolute Gasteiger partial charge is 0.404 e. The van der Waals surface area contributed by atoms with E-state index in [1.54, 1.807) is 18.2 Å². The van der Waals surface area contributed by atoms with Crippen LogP contribution in [0.25, 0.3) is 0 Å². The maximum Gasteiger partial charge on any atom is 0.404 e. The van der Waals surface area contributed by atoms with Gasteiger partial charge in [-0.1, -0.05) is 12.1 Å². The maximum atomic E-state index is 10.3. The molecular formula is C15H23NO5. The van der Waals surface area contributed by atoms with E-state index in [4.69, 9.17) is 14.9 Å². The molecule has 1 unspecified atom stereocenters. The lowest BCUT2D eigenvalue weighted by Crippen LogP contribution is -2.23. The zero-order chi connectivity index (χ0) is 15.5. The molecule has 1 amide bonds. The van der Waals surface area contributed by atoms with Crippen LogP contribution < -0.4 is 10.1 Å². The van der Waals surface area contributed by atoms with Gasteiger partial charge in [0, 0.05) is 13.2 Å². The quantitative estimate of drug-likeness (QED) is 0.494. The summed E-state index contributed by atoms with van der Waals surface area (Å²) in [6, 6.07) is 7.16. The highest BCUT2D eigenvalue weighted by atomic mass is 16.5. The fourth-order valence-corrected chi connectivity index (χ4v) is 1.87. The van der Waals surface area contributed by atoms with E-state index in [1.165, 1.54) is 0 Å². The molecule has 0 saturated heterocycles. The molecule has 6 heteroatoms. The maximum absolute atomic E-state index is 10.3. The molecule has 0 aromatic heterocycles. The van der Waals surface area contributed by atoms with Crippen LogP contribution in [0.5, 0.6) is 5.75 Å². The fourth-order valence-electron chi connectivity index (χ4n) is 1.87. The van der Waals surface area contributed by atoms with Crippen LogP contribution in [0.4, 0.5) is 4.79 Å². The van der Waals surface area contributed by atoms with E-state index in [0.717, 1.165) is 19.3 Å². The van der Waals surface area contributed by atoms with Crippen LogP contribution in [0, 0.1) is 0 Å². The second-order valence-electron chi connectivity index (χ2n) is 4.74. The van der Waals surface area contributed by atoms with Crippen molar-refractivity contribution in [2.45, 2.75) is 31.8 Å². The molecule has 118 valence electrons. The first-order valence-corrected chi connectivity index (χ1v) is 7.12. The molecule has 0 fully saturated rings. The minimum Gasteiger partial charge on any atom is -0.494 e. The Kier molecular flexibility index (Phi) is 8.23. The largest absolute Gasteiger partial charge is 0.494 e. The van der Waals surface area contributed by atoms with Gasteiger partial charge in [0.1, 0.15) is 5.75 Å². The number of carbonyl (C=O) groups is 1. The Bertz CT molecular complexity index is 424. The summed E-state index contributed by atoms with van der Waals surface area (Å²) >= 11 is 0. The summed E-state index contributed by atoms with van der Waals surface area (Å²) in [5.74, 6) is 0.682. The number of rotatable bonds is 10. The fraction of sp³-hybridized carbons (Fsp3) is 0.533. The highest BCUT2D eigenvalue weighted by Gasteiger charge is 2.09. The van der Waals surface area contributed by atoms with Crippen LogP contribution in [0.2, 0.25) is 0 Å². The molecule has 0 radical (unpaired) electrons. The van der Waals surface area contributed by atoms with E-state index in [-0.39, 0.29) is 13.2 Å². The predicted molar refractivity (Wildman–Crippen MR) is 78.5 cm³/mol. The van der Waals surface area contributed by atoms with Gasteiger partial charge in [0.25, 0.3) is 0 Å². The summed E-state index contributed by atoms with van der Waals surface area (Å²) in [5.41, 5.74) is 0.704. The summed E-state index contributed by atoms with van der Waals surface area (Å²) in [4.78, 5) is 10.3. The predicted octanol–water partition coefficient (Wildman–Crippen LogP) is 1.92. The number of nitrogens with one attached hydrogen (secondary N) is 1. The molecule has 0 heterocycles. The van der Waals surface area contributed by atoms with E-state index in [1.807, 2.05) is 6.07 Å². The lowest BCUT2D eigenvalue weighted by molar-refractivity contribution is 0.161. The van der Waals surface area contributed by atoms with Crippen LogP contribution in [0.3, 0.4) is 0 Å². The lowest BCUT2D eigenvalue weighted by Gasteiger charge is -2.13. The van der Waals surface area contributed by atoms with Crippen LogP contribution in [-0.2, 0) is 0 Å². The van der Waals surface area contributed by atoms with Gasteiger partial charge in [-0.05, 0) is 43.4 Å². The third-order valence-corrected chi connectivity index (χ3v) is 3.01. The summed E-state index contributed by atoms with van der Waals surface area (Å²) in [6.45, 7) is 0.967. The van der Waals surface area contributed by atoms with Gasteiger partial charge in [0.15, 0.2) is 0 Å². The lowest BCUT2D eigenvalue weighted by atomic mass is 10.1. The highest BCUT2D eigenvalue weighted by molar-refractivity contribution is 5.64. The van der Waals surface area contributed by atoms with E-state index in [9.17, 15) is 9.90 Å². The molecule has 4 N–H and O–H groups in total. The first kappa shape index (κ1) is 17.3. The standard InChI is InChI=1S/C15H23NO5/c17-9-2-1-3-10-21-13-6-4-5-12(11-13)14(18)7-8-16-15(19)20/h4-6,11,14,16-18H,1-3,7-10H2,(H,19,20). The van der Waals surface area contributed by atoms with Gasteiger partial charge in [0.2, 0.25) is 0 Å². The van der Waals surface area contributed by atoms with Crippen molar-refractivity contribution in [3.63, 3.8) is 0 Å². The summed E-state index contributed by atoms with van der Waals surface area (Å²) in [7, 11) is 0. The monoisotopic (exact) mass is 297 g/mol. The van der Waals surface area contributed by atoms with Crippen molar-refractivity contribution in [2.75, 3.05) is 19.8 Å². The number of aliphatic hydroxyl groups excluding tert-OH is 2. The Morgan fingerprint density at radius 1 is 1.29 bits per heavy atom. The van der Waals surface area contributed by atoms with Gasteiger partial charge >= 0.3 is 6.09 Å². The SMILES string of the molecule is O=C(O)NCCC(O)c1cccc(OCCCCCO)c1. The van der Waals surface area contributed by atoms with Crippen LogP contribution in [-0.4, -0.2) is 41.2 Å². The van der Waals surface area contributed by atoms with Crippen LogP contribution in [0.15, 0.2) is 24.3 Å². The molecule has 0 spiro atoms. The Balaban J connectivity index is 2.38. The number of ether oxygens (including phenoxy) is 1. The van der Waals surface area contributed by atoms with Gasteiger partial charge in [-0.25, -0.2) is 4.79 Å². The number of aliphatic hydroxyl groups is 2. The zero-order valence-corrected chi connectivity index (χ0v) is 12.0. The summed E-state index contributed by atoms with van der Waals surface area (Å²) in [5, 5.41) is 29.3. The number of unbranched alkanes of at least 4 members (excludes halogenated alkanes) is 2. The molecule has 0 aliphatic carbocycles. The molecule has 0 aliphatic rings. The molecule has 1 rings (SSSR count). The van der Waals surface area contributed by atoms with Crippen molar-refractivity contribution in [1.82, 2.24) is 5.32 Å². The number of hydrogen-bond donors (Lipinski definition) is 4. The second-order valence-corrected chi connectivity index (χ2v) is 4.74. The van der Waals surface area contributed by atoms with Crippen molar-refractivity contribution in [3.05, 3.63) is 29.8 Å². The van der Waals surface area contributed by atoms with Crippen molar-refractivity contribution in [1.29, 1.82) is 0 Å². The minimum atomic E-state index is -1.10. The number of carboxylic acid groups (broad SMARTS) is 1. The van der Waals surface area contributed by atoms with E-state index >= 15 is 0 Å². The van der Waals surface area contributed by atoms with Crippen molar-refractivity contribution >= 4 is 6.09 Å². The molecular weight excluding hydrogens is 274 g/mol. The van der Waals surface area contributed by atoms with Gasteiger partial charge < -0.3 is 25.4 Å². The first-order chi connectivity index (χ1) is 10.1. The minimum absolute atomic E-state index is 0.197. The topological polar surface area (TPSA) is 99.0 Å². The summed E-state index contributed by atoms with van der Waals surface area (Å²) < 4.78 is 5.58. The third kappa shape index (κ3) is 7.53. The van der Waals surface area contributed by atoms with Crippen molar-refractivity contribution in [2.24, 2.45) is 0 Å². The van der Waals surface area contributed by atoms with E-state index in [0.29, 0.717) is 24.3 Å². The van der Waals surface area contributed by atoms with E-state index in [2.05, 4.69) is 5.32 Å². The Morgan fingerprint density at radius 2 is 2.10 bits per heavy atom. The number of hydrogen-bond acceptors (Lipinski definition) is 4. The molecule has 0 bridgehead atoms. The van der Waals surface area contributed by atoms with Crippen LogP contribution in [0.1, 0.15) is 37.4 Å². The molecule has 1 atom stereocenters. The third-order valence-electron chi connectivity index (χ3n) is 3.01. The number of amides is 1. The van der Waals surface area contributed by atoms with E-state index < -0.39 is 12.2 Å². The molecule has 6 nitrogen and oxygen atoms in total. The Labute approximate surface area is 124 Å². The molecule has 1 aromatic carbocycles. The molecule has 0 aliphatic heterocycles. The Morgan fingerprint density at radius 3 is 2.81 bits per heavy atom. The second kappa shape index (κ2) is 10.0. The van der Waals surface area contributed by atoms with Gasteiger partial charge in [-0.2, -0.15) is 0 Å². The number of benzene rings is 1. The average molecular weight is 297 g/mol. The first-order valence-electron chi connectivity index (χ1n) is 7.12. The molecule has 0 saturated carbocycles. The summed E-state index contributed by atoms with van der Waals surface area (Å²) in [6.07, 6.45) is 1.05. The average Bonchev–Trinajstić information content (AvgIpc) is 2.47. The van der Waals surface area contributed by atoms with Gasteiger partial charge in [0.05, 0.1) is 12.7 Å². The van der Waals surface area contributed by atoms with Crippen molar-refractivity contribution < 1.29 is 24.9 Å². The Hall–Kier alpha value is -1.79. The molecule has 1 aromatic rings.